The van der Waals surface area contributed by atoms with Crippen LogP contribution < -0.4 is 15.7 Å². The van der Waals surface area contributed by atoms with E-state index in [2.05, 4.69) is 25.6 Å². The summed E-state index contributed by atoms with van der Waals surface area (Å²) in [5.74, 6) is 1.34. The van der Waals surface area contributed by atoms with E-state index >= 15 is 0 Å². The number of ether oxygens (including phenoxy) is 1. The lowest BCUT2D eigenvalue weighted by Gasteiger charge is -2.11. The van der Waals surface area contributed by atoms with Crippen LogP contribution in [-0.2, 0) is 6.54 Å². The fourth-order valence-electron chi connectivity index (χ4n) is 2.80. The van der Waals surface area contributed by atoms with Crippen molar-refractivity contribution in [3.8, 4) is 5.75 Å². The quantitative estimate of drug-likeness (QED) is 0.495. The zero-order chi connectivity index (χ0) is 20.2. The first-order chi connectivity index (χ1) is 14.1. The summed E-state index contributed by atoms with van der Waals surface area (Å²) < 4.78 is 6.64. The average molecular weight is 406 g/mol. The Labute approximate surface area is 170 Å². The highest BCUT2D eigenvalue weighted by Crippen LogP contribution is 2.19. The molecule has 4 rings (SSSR count). The first-order valence-corrected chi connectivity index (χ1v) is 9.68. The van der Waals surface area contributed by atoms with Crippen LogP contribution >= 0.6 is 11.3 Å². The van der Waals surface area contributed by atoms with E-state index in [1.807, 2.05) is 42.5 Å². The van der Waals surface area contributed by atoms with E-state index < -0.39 is 0 Å². The van der Waals surface area contributed by atoms with Gasteiger partial charge in [0.15, 0.2) is 0 Å². The molecule has 146 valence electrons. The SMILES string of the molecule is COc1cccc(C=Nc2nnc(CNn3c(C)nc4ccccc4c3=O)s2)c1. The maximum Gasteiger partial charge on any atom is 0.279 e. The number of fused-ring (bicyclic) bond motifs is 1. The van der Waals surface area contributed by atoms with Gasteiger partial charge in [-0.1, -0.05) is 35.6 Å². The standard InChI is InChI=1S/C20H18N6O2S/c1-13-23-17-9-4-3-8-16(17)19(27)26(13)22-12-18-24-25-20(29-18)21-11-14-6-5-7-15(10-14)28-2/h3-11,22H,12H2,1-2H3. The monoisotopic (exact) mass is 406 g/mol. The third-order valence-corrected chi connectivity index (χ3v) is 5.04. The second-order valence-electron chi connectivity index (χ2n) is 6.16. The summed E-state index contributed by atoms with van der Waals surface area (Å²) >= 11 is 1.35. The van der Waals surface area contributed by atoms with Crippen LogP contribution in [0.1, 0.15) is 16.4 Å². The number of aryl methyl sites for hydroxylation is 1. The van der Waals surface area contributed by atoms with Crippen LogP contribution in [0.4, 0.5) is 5.13 Å². The number of nitrogens with one attached hydrogen (secondary N) is 1. The van der Waals surface area contributed by atoms with E-state index in [1.54, 1.807) is 26.3 Å². The van der Waals surface area contributed by atoms with Crippen LogP contribution in [0.25, 0.3) is 10.9 Å². The van der Waals surface area contributed by atoms with Crippen LogP contribution in [0.2, 0.25) is 0 Å². The van der Waals surface area contributed by atoms with Crippen LogP contribution in [0.5, 0.6) is 5.75 Å². The second-order valence-corrected chi connectivity index (χ2v) is 7.21. The van der Waals surface area contributed by atoms with Gasteiger partial charge in [-0.3, -0.25) is 4.79 Å². The van der Waals surface area contributed by atoms with Crippen LogP contribution in [0, 0.1) is 6.92 Å². The normalized spacial score (nSPS) is 11.2. The summed E-state index contributed by atoms with van der Waals surface area (Å²) in [5, 5.41) is 10.0. The van der Waals surface area contributed by atoms with E-state index in [1.165, 1.54) is 16.0 Å². The average Bonchev–Trinajstić information content (AvgIpc) is 3.20. The van der Waals surface area contributed by atoms with Crippen molar-refractivity contribution in [3.05, 3.63) is 75.3 Å². The Hall–Kier alpha value is -3.59. The molecule has 0 saturated heterocycles. The van der Waals surface area contributed by atoms with Crippen LogP contribution in [-0.4, -0.2) is 33.2 Å². The summed E-state index contributed by atoms with van der Waals surface area (Å²) in [6.07, 6.45) is 1.71. The van der Waals surface area contributed by atoms with Crippen LogP contribution in [0.3, 0.4) is 0 Å². The first kappa shape index (κ1) is 18.8. The Kier molecular flexibility index (Phi) is 5.30. The predicted molar refractivity (Wildman–Crippen MR) is 114 cm³/mol. The summed E-state index contributed by atoms with van der Waals surface area (Å²) in [7, 11) is 1.62. The van der Waals surface area contributed by atoms with Gasteiger partial charge in [-0.25, -0.2) is 14.7 Å². The lowest BCUT2D eigenvalue weighted by molar-refractivity contribution is 0.415. The van der Waals surface area contributed by atoms with Gasteiger partial charge < -0.3 is 10.2 Å². The fourth-order valence-corrected chi connectivity index (χ4v) is 3.41. The number of nitrogens with zero attached hydrogens (tertiary/aromatic N) is 5. The van der Waals surface area contributed by atoms with Crippen molar-refractivity contribution in [3.63, 3.8) is 0 Å². The Bertz CT molecular complexity index is 1250. The number of aromatic nitrogens is 4. The Balaban J connectivity index is 1.48. The molecule has 0 radical (unpaired) electrons. The van der Waals surface area contributed by atoms with Gasteiger partial charge >= 0.3 is 0 Å². The van der Waals surface area contributed by atoms with E-state index in [-0.39, 0.29) is 5.56 Å². The molecule has 0 aliphatic carbocycles. The number of hydrogen-bond acceptors (Lipinski definition) is 8. The molecular formula is C20H18N6O2S. The number of rotatable bonds is 6. The minimum atomic E-state index is -0.145. The highest BCUT2D eigenvalue weighted by Gasteiger charge is 2.09. The molecule has 1 N–H and O–H groups in total. The van der Waals surface area contributed by atoms with Gasteiger partial charge in [0.25, 0.3) is 5.56 Å². The molecule has 2 aromatic carbocycles. The predicted octanol–water partition coefficient (Wildman–Crippen LogP) is 3.06. The molecule has 0 aliphatic heterocycles. The summed E-state index contributed by atoms with van der Waals surface area (Å²) in [4.78, 5) is 21.5. The molecule has 4 aromatic rings. The number of para-hydroxylation sites is 1. The molecule has 0 atom stereocenters. The minimum Gasteiger partial charge on any atom is -0.497 e. The smallest absolute Gasteiger partial charge is 0.279 e. The molecule has 2 aromatic heterocycles. The van der Waals surface area contributed by atoms with Gasteiger partial charge in [0.2, 0.25) is 5.13 Å². The molecule has 0 unspecified atom stereocenters. The molecule has 0 spiro atoms. The molecule has 2 heterocycles. The van der Waals surface area contributed by atoms with E-state index in [4.69, 9.17) is 4.74 Å². The first-order valence-electron chi connectivity index (χ1n) is 8.87. The Morgan fingerprint density at radius 2 is 2.07 bits per heavy atom. The van der Waals surface area contributed by atoms with Gasteiger partial charge in [-0.2, -0.15) is 0 Å². The van der Waals surface area contributed by atoms with Crippen molar-refractivity contribution < 1.29 is 4.74 Å². The van der Waals surface area contributed by atoms with Gasteiger partial charge in [0.05, 0.1) is 24.6 Å². The third-order valence-electron chi connectivity index (χ3n) is 4.21. The summed E-state index contributed by atoms with van der Waals surface area (Å²) in [6.45, 7) is 2.12. The summed E-state index contributed by atoms with van der Waals surface area (Å²) in [6, 6.07) is 14.9. The van der Waals surface area contributed by atoms with Crippen molar-refractivity contribution in [2.75, 3.05) is 12.5 Å². The highest BCUT2D eigenvalue weighted by atomic mass is 32.1. The number of methoxy groups -OCH3 is 1. The molecule has 0 aliphatic rings. The van der Waals surface area contributed by atoms with Gasteiger partial charge in [0, 0.05) is 6.21 Å². The summed E-state index contributed by atoms with van der Waals surface area (Å²) in [5.41, 5.74) is 4.51. The molecule has 0 saturated carbocycles. The molecule has 9 heteroatoms. The van der Waals surface area contributed by atoms with Crippen molar-refractivity contribution in [2.24, 2.45) is 4.99 Å². The Morgan fingerprint density at radius 1 is 1.21 bits per heavy atom. The zero-order valence-corrected chi connectivity index (χ0v) is 16.7. The van der Waals surface area contributed by atoms with Gasteiger partial charge in [0.1, 0.15) is 16.6 Å². The topological polar surface area (TPSA) is 94.3 Å². The molecule has 0 amide bonds. The molecule has 29 heavy (non-hydrogen) atoms. The van der Waals surface area contributed by atoms with Crippen molar-refractivity contribution in [1.82, 2.24) is 19.9 Å². The number of benzene rings is 2. The maximum absolute atomic E-state index is 12.7. The lowest BCUT2D eigenvalue weighted by atomic mass is 10.2. The lowest BCUT2D eigenvalue weighted by Crippen LogP contribution is -2.31. The molecule has 0 bridgehead atoms. The van der Waals surface area contributed by atoms with Crippen molar-refractivity contribution in [1.29, 1.82) is 0 Å². The molecular weight excluding hydrogens is 388 g/mol. The molecule has 0 fully saturated rings. The Morgan fingerprint density at radius 3 is 2.93 bits per heavy atom. The third kappa shape index (κ3) is 4.14. The van der Waals surface area contributed by atoms with Crippen molar-refractivity contribution in [2.45, 2.75) is 13.5 Å². The zero-order valence-electron chi connectivity index (χ0n) is 15.9. The van der Waals surface area contributed by atoms with Crippen molar-refractivity contribution >= 4 is 33.6 Å². The number of hydrogen-bond donors (Lipinski definition) is 1. The highest BCUT2D eigenvalue weighted by molar-refractivity contribution is 7.14. The van der Waals surface area contributed by atoms with Gasteiger partial charge in [-0.15, -0.1) is 10.2 Å². The molecule has 8 nitrogen and oxygen atoms in total. The van der Waals surface area contributed by atoms with Gasteiger partial charge in [-0.05, 0) is 36.8 Å². The minimum absolute atomic E-state index is 0.145. The number of aliphatic imine (C=N–C) groups is 1. The largest absolute Gasteiger partial charge is 0.497 e. The van der Waals surface area contributed by atoms with Crippen LogP contribution in [0.15, 0.2) is 58.3 Å². The maximum atomic E-state index is 12.7. The second kappa shape index (κ2) is 8.19. The van der Waals surface area contributed by atoms with E-state index in [9.17, 15) is 4.79 Å². The fraction of sp³-hybridized carbons (Fsp3) is 0.150. The van der Waals surface area contributed by atoms with E-state index in [0.29, 0.717) is 33.4 Å². The van der Waals surface area contributed by atoms with E-state index in [0.717, 1.165) is 11.3 Å².